The Bertz CT molecular complexity index is 799. The monoisotopic (exact) mass is 434 g/mol. The van der Waals surface area contributed by atoms with Crippen LogP contribution < -0.4 is 9.47 Å². The van der Waals surface area contributed by atoms with Gasteiger partial charge in [-0.3, -0.25) is 0 Å². The lowest BCUT2D eigenvalue weighted by Crippen LogP contribution is -2.22. The first-order valence-corrected chi connectivity index (χ1v) is 9.37. The normalized spacial score (nSPS) is 12.0. The molecule has 0 aromatic heterocycles. The molecular weight excluding hydrogens is 415 g/mol. The Hall–Kier alpha value is -2.28. The molecule has 0 heterocycles. The quantitative estimate of drug-likeness (QED) is 0.219. The molecule has 2 nitrogen and oxygen atoms in total. The van der Waals surface area contributed by atoms with Crippen LogP contribution in [-0.4, -0.2) is 6.43 Å². The van der Waals surface area contributed by atoms with E-state index in [2.05, 4.69) is 11.7 Å². The van der Waals surface area contributed by atoms with Crippen molar-refractivity contribution in [3.8, 4) is 11.5 Å². The van der Waals surface area contributed by atoms with E-state index in [4.69, 9.17) is 16.3 Å². The molecule has 0 amide bonds. The number of unbranched alkanes of at least 4 members (excludes halogenated alkanes) is 2. The average Bonchev–Trinajstić information content (AvgIpc) is 2.64. The minimum absolute atomic E-state index is 0.375. The molecule has 0 N–H and O–H groups in total. The molecule has 2 aromatic rings. The van der Waals surface area contributed by atoms with Gasteiger partial charge in [-0.15, -0.1) is 0 Å². The van der Waals surface area contributed by atoms with E-state index in [1.807, 2.05) is 0 Å². The maximum Gasteiger partial charge on any atom is 0.426 e. The number of hydrogen-bond acceptors (Lipinski definition) is 2. The van der Waals surface area contributed by atoms with Gasteiger partial charge in [0, 0.05) is 18.2 Å². The molecular formula is C21H20ClF5O2. The number of halogens is 6. The van der Waals surface area contributed by atoms with Crippen LogP contribution in [0.2, 0.25) is 5.02 Å². The van der Waals surface area contributed by atoms with Gasteiger partial charge >= 0.3 is 6.11 Å². The van der Waals surface area contributed by atoms with Crippen LogP contribution in [-0.2, 0) is 12.5 Å². The van der Waals surface area contributed by atoms with Crippen LogP contribution in [0.4, 0.5) is 22.0 Å². The molecule has 29 heavy (non-hydrogen) atoms. The van der Waals surface area contributed by atoms with E-state index >= 15 is 0 Å². The van der Waals surface area contributed by atoms with Crippen LogP contribution in [0, 0.1) is 5.82 Å². The molecule has 2 rings (SSSR count). The molecule has 0 saturated heterocycles. The maximum absolute atomic E-state index is 14.4. The second kappa shape index (κ2) is 10.5. The fourth-order valence-electron chi connectivity index (χ4n) is 2.53. The van der Waals surface area contributed by atoms with Gasteiger partial charge in [0.25, 0.3) is 6.43 Å². The molecule has 0 aliphatic rings. The first-order chi connectivity index (χ1) is 13.7. The third-order valence-electron chi connectivity index (χ3n) is 3.99. The molecule has 158 valence electrons. The van der Waals surface area contributed by atoms with Crippen molar-refractivity contribution in [2.24, 2.45) is 0 Å². The van der Waals surface area contributed by atoms with Crippen LogP contribution in [0.25, 0.3) is 0 Å². The van der Waals surface area contributed by atoms with Gasteiger partial charge in [-0.2, -0.15) is 8.78 Å². The molecule has 8 heteroatoms. The van der Waals surface area contributed by atoms with Crippen molar-refractivity contribution < 1.29 is 31.4 Å². The minimum atomic E-state index is -3.73. The fraction of sp³-hybridized carbons (Fsp3) is 0.333. The summed E-state index contributed by atoms with van der Waals surface area (Å²) in [6.45, 7) is 2.08. The molecule has 0 fully saturated rings. The van der Waals surface area contributed by atoms with Gasteiger partial charge in [0.2, 0.25) is 0 Å². The molecule has 0 radical (unpaired) electrons. The lowest BCUT2D eigenvalue weighted by Gasteiger charge is -2.19. The van der Waals surface area contributed by atoms with Gasteiger partial charge in [0.05, 0.1) is 16.8 Å². The summed E-state index contributed by atoms with van der Waals surface area (Å²) in [5.74, 6) is -2.24. The van der Waals surface area contributed by atoms with E-state index in [1.54, 1.807) is 12.1 Å². The minimum Gasteiger partial charge on any atom is -0.460 e. The van der Waals surface area contributed by atoms with Gasteiger partial charge in [0.15, 0.2) is 11.6 Å². The molecule has 0 unspecified atom stereocenters. The predicted molar refractivity (Wildman–Crippen MR) is 101 cm³/mol. The van der Waals surface area contributed by atoms with Crippen LogP contribution in [0.3, 0.4) is 0 Å². The van der Waals surface area contributed by atoms with Crippen molar-refractivity contribution in [3.63, 3.8) is 0 Å². The number of aryl methyl sites for hydroxylation is 1. The largest absolute Gasteiger partial charge is 0.460 e. The second-order valence-corrected chi connectivity index (χ2v) is 6.68. The number of hydrogen-bond donors (Lipinski definition) is 0. The van der Waals surface area contributed by atoms with E-state index in [9.17, 15) is 22.0 Å². The van der Waals surface area contributed by atoms with E-state index in [0.29, 0.717) is 18.4 Å². The van der Waals surface area contributed by atoms with Crippen LogP contribution >= 0.6 is 11.6 Å². The van der Waals surface area contributed by atoms with Crippen molar-refractivity contribution in [2.75, 3.05) is 0 Å². The van der Waals surface area contributed by atoms with Crippen molar-refractivity contribution in [3.05, 3.63) is 70.7 Å². The highest BCUT2D eigenvalue weighted by Gasteiger charge is 2.35. The van der Waals surface area contributed by atoms with Gasteiger partial charge in [-0.1, -0.05) is 43.5 Å². The summed E-state index contributed by atoms with van der Waals surface area (Å²) in [4.78, 5) is 0. The highest BCUT2D eigenvalue weighted by molar-refractivity contribution is 6.32. The third kappa shape index (κ3) is 6.92. The van der Waals surface area contributed by atoms with Crippen LogP contribution in [0.1, 0.15) is 37.3 Å². The Morgan fingerprint density at radius 3 is 2.38 bits per heavy atom. The first kappa shape index (κ1) is 23.0. The van der Waals surface area contributed by atoms with Crippen molar-refractivity contribution in [1.82, 2.24) is 0 Å². The molecule has 2 aromatic carbocycles. The average molecular weight is 435 g/mol. The zero-order valence-corrected chi connectivity index (χ0v) is 16.4. The van der Waals surface area contributed by atoms with Crippen molar-refractivity contribution in [2.45, 2.75) is 45.1 Å². The summed E-state index contributed by atoms with van der Waals surface area (Å²) in [7, 11) is 0. The topological polar surface area (TPSA) is 18.5 Å². The van der Waals surface area contributed by atoms with Gasteiger partial charge < -0.3 is 9.47 Å². The van der Waals surface area contributed by atoms with Gasteiger partial charge in [-0.05, 0) is 30.5 Å². The SMILES string of the molecule is CCCCCc1ccc(C(F)(F)Oc2cc(F)c(O/C=C/C(F)F)c(Cl)c2)cc1. The van der Waals surface area contributed by atoms with E-state index in [1.165, 1.54) is 12.1 Å². The Balaban J connectivity index is 2.11. The van der Waals surface area contributed by atoms with E-state index < -0.39 is 40.4 Å². The Morgan fingerprint density at radius 2 is 1.79 bits per heavy atom. The number of benzene rings is 2. The number of alkyl halides is 4. The standard InChI is InChI=1S/C21H20ClF5O2/c1-2-3-4-5-14-6-8-15(9-7-14)21(26,27)29-16-12-17(22)20(18(23)13-16)28-11-10-19(24)25/h6-13,19H,2-5H2,1H3/b11-10+. The third-order valence-corrected chi connectivity index (χ3v) is 4.27. The van der Waals surface area contributed by atoms with Gasteiger partial charge in [0.1, 0.15) is 5.75 Å². The molecule has 0 bridgehead atoms. The molecule has 0 saturated carbocycles. The van der Waals surface area contributed by atoms with Crippen LogP contribution in [0.5, 0.6) is 11.5 Å². The van der Waals surface area contributed by atoms with Crippen molar-refractivity contribution in [1.29, 1.82) is 0 Å². The maximum atomic E-state index is 14.4. The number of allylic oxidation sites excluding steroid dienone is 1. The molecule has 0 spiro atoms. The molecule has 0 aliphatic heterocycles. The Morgan fingerprint density at radius 1 is 1.10 bits per heavy atom. The Labute approximate surface area is 170 Å². The summed E-state index contributed by atoms with van der Waals surface area (Å²) in [5.41, 5.74) is 0.541. The molecule has 0 atom stereocenters. The van der Waals surface area contributed by atoms with Crippen molar-refractivity contribution >= 4 is 11.6 Å². The highest BCUT2D eigenvalue weighted by Crippen LogP contribution is 2.37. The summed E-state index contributed by atoms with van der Waals surface area (Å²) >= 11 is 5.79. The summed E-state index contributed by atoms with van der Waals surface area (Å²) < 4.78 is 76.3. The van der Waals surface area contributed by atoms with E-state index in [-0.39, 0.29) is 0 Å². The first-order valence-electron chi connectivity index (χ1n) is 8.99. The highest BCUT2D eigenvalue weighted by atomic mass is 35.5. The number of ether oxygens (including phenoxy) is 2. The van der Waals surface area contributed by atoms with Gasteiger partial charge in [-0.25, -0.2) is 13.2 Å². The number of rotatable bonds is 10. The lowest BCUT2D eigenvalue weighted by atomic mass is 10.1. The lowest BCUT2D eigenvalue weighted by molar-refractivity contribution is -0.185. The zero-order valence-electron chi connectivity index (χ0n) is 15.6. The van der Waals surface area contributed by atoms with E-state index in [0.717, 1.165) is 37.3 Å². The summed E-state index contributed by atoms with van der Waals surface area (Å²) in [6, 6.07) is 7.27. The second-order valence-electron chi connectivity index (χ2n) is 6.27. The van der Waals surface area contributed by atoms with Crippen LogP contribution in [0.15, 0.2) is 48.7 Å². The zero-order chi connectivity index (χ0) is 21.4. The summed E-state index contributed by atoms with van der Waals surface area (Å²) in [6.07, 6.45) is -1.69. The Kier molecular flexibility index (Phi) is 8.32. The summed E-state index contributed by atoms with van der Waals surface area (Å²) in [5, 5.41) is -0.402. The fourth-order valence-corrected chi connectivity index (χ4v) is 2.77. The smallest absolute Gasteiger partial charge is 0.426 e. The predicted octanol–water partition coefficient (Wildman–Crippen LogP) is 7.50. The molecule has 0 aliphatic carbocycles.